The molecule has 0 spiro atoms. The second kappa shape index (κ2) is 7.01. The number of amides is 1. The molecule has 1 amide bonds. The van der Waals surface area contributed by atoms with Gasteiger partial charge in [-0.3, -0.25) is 4.79 Å². The number of sulfone groups is 1. The lowest BCUT2D eigenvalue weighted by molar-refractivity contribution is 0.0648. The van der Waals surface area contributed by atoms with Crippen LogP contribution in [0.4, 0.5) is 0 Å². The highest BCUT2D eigenvalue weighted by molar-refractivity contribution is 7.90. The topological polar surface area (TPSA) is 54.5 Å². The lowest BCUT2D eigenvalue weighted by Crippen LogP contribution is -2.41. The number of benzene rings is 1. The van der Waals surface area contributed by atoms with Crippen molar-refractivity contribution < 1.29 is 13.2 Å². The van der Waals surface area contributed by atoms with Crippen molar-refractivity contribution in [2.75, 3.05) is 12.8 Å². The summed E-state index contributed by atoms with van der Waals surface area (Å²) >= 11 is 6.14. The smallest absolute Gasteiger partial charge is 0.255 e. The van der Waals surface area contributed by atoms with Crippen molar-refractivity contribution in [3.63, 3.8) is 0 Å². The van der Waals surface area contributed by atoms with Crippen LogP contribution in [0, 0.1) is 0 Å². The molecule has 1 saturated carbocycles. The molecule has 1 aliphatic rings. The van der Waals surface area contributed by atoms with Gasteiger partial charge < -0.3 is 4.90 Å². The largest absolute Gasteiger partial charge is 0.336 e. The van der Waals surface area contributed by atoms with Gasteiger partial charge in [0.1, 0.15) is 0 Å². The van der Waals surface area contributed by atoms with Gasteiger partial charge in [0.05, 0.1) is 15.5 Å². The van der Waals surface area contributed by atoms with Crippen LogP contribution in [0.1, 0.15) is 49.4 Å². The van der Waals surface area contributed by atoms with Crippen LogP contribution in [0.2, 0.25) is 5.02 Å². The molecule has 0 saturated heterocycles. The molecule has 0 atom stereocenters. The summed E-state index contributed by atoms with van der Waals surface area (Å²) in [7, 11) is -3.36. The normalized spacial score (nSPS) is 16.5. The van der Waals surface area contributed by atoms with Crippen molar-refractivity contribution in [3.8, 4) is 0 Å². The lowest BCUT2D eigenvalue weighted by atomic mass is 9.93. The fourth-order valence-corrected chi connectivity index (χ4v) is 3.86. The summed E-state index contributed by atoms with van der Waals surface area (Å²) in [5, 5.41) is 0.298. The highest BCUT2D eigenvalue weighted by Gasteiger charge is 2.27. The van der Waals surface area contributed by atoms with Crippen molar-refractivity contribution in [1.29, 1.82) is 0 Å². The third kappa shape index (κ3) is 3.82. The fourth-order valence-electron chi connectivity index (χ4n) is 3.01. The predicted molar refractivity (Wildman–Crippen MR) is 88.1 cm³/mol. The highest BCUT2D eigenvalue weighted by Crippen LogP contribution is 2.27. The van der Waals surface area contributed by atoms with E-state index in [0.717, 1.165) is 31.9 Å². The van der Waals surface area contributed by atoms with Crippen molar-refractivity contribution in [2.24, 2.45) is 0 Å². The average molecular weight is 344 g/mol. The van der Waals surface area contributed by atoms with Crippen molar-refractivity contribution in [2.45, 2.75) is 50.0 Å². The average Bonchev–Trinajstić information content (AvgIpc) is 2.48. The minimum absolute atomic E-state index is 0.125. The molecule has 22 heavy (non-hydrogen) atoms. The monoisotopic (exact) mass is 343 g/mol. The van der Waals surface area contributed by atoms with E-state index in [-0.39, 0.29) is 22.4 Å². The summed E-state index contributed by atoms with van der Waals surface area (Å²) in [6, 6.07) is 4.54. The van der Waals surface area contributed by atoms with Crippen LogP contribution in [-0.2, 0) is 9.84 Å². The van der Waals surface area contributed by atoms with E-state index in [0.29, 0.717) is 11.6 Å². The number of halogens is 1. The minimum Gasteiger partial charge on any atom is -0.336 e. The van der Waals surface area contributed by atoms with Gasteiger partial charge in [-0.2, -0.15) is 0 Å². The summed E-state index contributed by atoms with van der Waals surface area (Å²) in [6.07, 6.45) is 6.61. The maximum absolute atomic E-state index is 12.8. The summed E-state index contributed by atoms with van der Waals surface area (Å²) in [5.74, 6) is -0.176. The van der Waals surface area contributed by atoms with E-state index in [4.69, 9.17) is 11.6 Å². The Balaban J connectivity index is 2.34. The second-order valence-corrected chi connectivity index (χ2v) is 8.22. The zero-order valence-corrected chi connectivity index (χ0v) is 14.6. The Labute approximate surface area is 137 Å². The fraction of sp³-hybridized carbons (Fsp3) is 0.562. The first-order valence-electron chi connectivity index (χ1n) is 7.65. The summed E-state index contributed by atoms with van der Waals surface area (Å²) in [5.41, 5.74) is 0.275. The van der Waals surface area contributed by atoms with Crippen LogP contribution in [0.5, 0.6) is 0 Å². The Kier molecular flexibility index (Phi) is 5.50. The molecule has 1 fully saturated rings. The number of hydrogen-bond donors (Lipinski definition) is 0. The molecule has 6 heteroatoms. The first-order valence-corrected chi connectivity index (χ1v) is 9.92. The second-order valence-electron chi connectivity index (χ2n) is 5.80. The van der Waals surface area contributed by atoms with Gasteiger partial charge in [0.15, 0.2) is 9.84 Å². The van der Waals surface area contributed by atoms with Crippen LogP contribution in [0.3, 0.4) is 0 Å². The molecule has 0 aromatic heterocycles. The third-order valence-corrected chi connectivity index (χ3v) is 5.65. The first-order chi connectivity index (χ1) is 10.3. The molecule has 122 valence electrons. The molecule has 0 heterocycles. The summed E-state index contributed by atoms with van der Waals surface area (Å²) in [4.78, 5) is 14.8. The number of carbonyl (C=O) groups is 1. The predicted octanol–water partition coefficient (Wildman–Crippen LogP) is 3.54. The zero-order chi connectivity index (χ0) is 16.3. The molecule has 0 bridgehead atoms. The molecule has 4 nitrogen and oxygen atoms in total. The first kappa shape index (κ1) is 17.3. The Bertz CT molecular complexity index is 651. The van der Waals surface area contributed by atoms with Gasteiger partial charge in [0, 0.05) is 18.8 Å². The van der Waals surface area contributed by atoms with E-state index in [2.05, 4.69) is 0 Å². The van der Waals surface area contributed by atoms with Gasteiger partial charge in [-0.15, -0.1) is 0 Å². The van der Waals surface area contributed by atoms with E-state index in [1.807, 2.05) is 11.8 Å². The maximum atomic E-state index is 12.8. The van der Waals surface area contributed by atoms with Crippen LogP contribution in [-0.4, -0.2) is 38.1 Å². The highest BCUT2D eigenvalue weighted by atomic mass is 35.5. The molecule has 1 aliphatic carbocycles. The molecule has 0 aliphatic heterocycles. The molecule has 0 N–H and O–H groups in total. The molecule has 2 rings (SSSR count). The molecule has 1 aromatic carbocycles. The number of hydrogen-bond acceptors (Lipinski definition) is 3. The van der Waals surface area contributed by atoms with Crippen molar-refractivity contribution >= 4 is 27.3 Å². The number of rotatable bonds is 4. The molecule has 1 aromatic rings. The SMILES string of the molecule is CCN(C(=O)c1cc(S(C)(=O)=O)ccc1Cl)C1CCCCC1. The van der Waals surface area contributed by atoms with Gasteiger partial charge in [0.25, 0.3) is 5.91 Å². The quantitative estimate of drug-likeness (QED) is 0.840. The zero-order valence-electron chi connectivity index (χ0n) is 13.0. The van der Waals surface area contributed by atoms with E-state index < -0.39 is 9.84 Å². The molecular weight excluding hydrogens is 322 g/mol. The number of nitrogens with zero attached hydrogens (tertiary/aromatic N) is 1. The van der Waals surface area contributed by atoms with Crippen molar-refractivity contribution in [3.05, 3.63) is 28.8 Å². The Morgan fingerprint density at radius 2 is 1.91 bits per heavy atom. The Morgan fingerprint density at radius 1 is 1.27 bits per heavy atom. The van der Waals surface area contributed by atoms with Gasteiger partial charge in [0.2, 0.25) is 0 Å². The molecule has 0 radical (unpaired) electrons. The van der Waals surface area contributed by atoms with Gasteiger partial charge >= 0.3 is 0 Å². The van der Waals surface area contributed by atoms with E-state index in [1.54, 1.807) is 0 Å². The van der Waals surface area contributed by atoms with Gasteiger partial charge in [-0.25, -0.2) is 8.42 Å². The third-order valence-electron chi connectivity index (χ3n) is 4.21. The van der Waals surface area contributed by atoms with E-state index in [9.17, 15) is 13.2 Å². The van der Waals surface area contributed by atoms with Crippen LogP contribution in [0.15, 0.2) is 23.1 Å². The minimum atomic E-state index is -3.36. The standard InChI is InChI=1S/C16H22ClNO3S/c1-3-18(12-7-5-4-6-8-12)16(19)14-11-13(22(2,20)21)9-10-15(14)17/h9-12H,3-8H2,1-2H3. The van der Waals surface area contributed by atoms with Crippen LogP contribution < -0.4 is 0 Å². The van der Waals surface area contributed by atoms with Crippen LogP contribution >= 0.6 is 11.6 Å². The summed E-state index contributed by atoms with van der Waals surface area (Å²) in [6.45, 7) is 2.55. The van der Waals surface area contributed by atoms with Crippen LogP contribution in [0.25, 0.3) is 0 Å². The maximum Gasteiger partial charge on any atom is 0.255 e. The van der Waals surface area contributed by atoms with E-state index in [1.165, 1.54) is 24.6 Å². The molecule has 0 unspecified atom stereocenters. The Hall–Kier alpha value is -1.07. The van der Waals surface area contributed by atoms with Crippen molar-refractivity contribution in [1.82, 2.24) is 4.90 Å². The lowest BCUT2D eigenvalue weighted by Gasteiger charge is -2.34. The molecular formula is C16H22ClNO3S. The van der Waals surface area contributed by atoms with Gasteiger partial charge in [-0.05, 0) is 38.0 Å². The van der Waals surface area contributed by atoms with Gasteiger partial charge in [-0.1, -0.05) is 30.9 Å². The van der Waals surface area contributed by atoms with E-state index >= 15 is 0 Å². The summed E-state index contributed by atoms with van der Waals surface area (Å²) < 4.78 is 23.4. The number of carbonyl (C=O) groups excluding carboxylic acids is 1. The Morgan fingerprint density at radius 3 is 2.45 bits per heavy atom.